The summed E-state index contributed by atoms with van der Waals surface area (Å²) in [5, 5.41) is 3.00. The fourth-order valence-electron chi connectivity index (χ4n) is 1.45. The summed E-state index contributed by atoms with van der Waals surface area (Å²) in [6.07, 6.45) is 0.856. The number of rotatable bonds is 9. The molecule has 0 bridgehead atoms. The molecule has 5 heteroatoms. The Morgan fingerprint density at radius 2 is 2.00 bits per heavy atom. The minimum absolute atomic E-state index is 0.297. The van der Waals surface area contributed by atoms with Crippen LogP contribution in [0, 0.1) is 11.6 Å². The van der Waals surface area contributed by atoms with E-state index in [0.29, 0.717) is 38.5 Å². The highest BCUT2D eigenvalue weighted by Gasteiger charge is 2.02. The molecule has 0 aliphatic rings. The SMILES string of the molecule is COCCCOCCNCc1cc(F)ccc1F. The van der Waals surface area contributed by atoms with Crippen molar-refractivity contribution in [2.75, 3.05) is 33.5 Å². The summed E-state index contributed by atoms with van der Waals surface area (Å²) in [7, 11) is 1.65. The number of methoxy groups -OCH3 is 1. The summed E-state index contributed by atoms with van der Waals surface area (Å²) in [6, 6.07) is 3.44. The first-order valence-corrected chi connectivity index (χ1v) is 5.95. The summed E-state index contributed by atoms with van der Waals surface area (Å²) in [4.78, 5) is 0. The Bertz CT molecular complexity index is 348. The van der Waals surface area contributed by atoms with Gasteiger partial charge in [-0.15, -0.1) is 0 Å². The van der Waals surface area contributed by atoms with Gasteiger partial charge in [-0.3, -0.25) is 0 Å². The van der Waals surface area contributed by atoms with E-state index in [2.05, 4.69) is 5.32 Å². The Balaban J connectivity index is 2.09. The smallest absolute Gasteiger partial charge is 0.127 e. The average Bonchev–Trinajstić information content (AvgIpc) is 2.36. The third-order valence-electron chi connectivity index (χ3n) is 2.38. The Morgan fingerprint density at radius 3 is 2.78 bits per heavy atom. The lowest BCUT2D eigenvalue weighted by atomic mass is 10.2. The Labute approximate surface area is 106 Å². The van der Waals surface area contributed by atoms with Gasteiger partial charge < -0.3 is 14.8 Å². The van der Waals surface area contributed by atoms with Crippen LogP contribution in [0.25, 0.3) is 0 Å². The number of ether oxygens (including phenoxy) is 2. The van der Waals surface area contributed by atoms with Gasteiger partial charge in [0.1, 0.15) is 11.6 Å². The molecule has 0 atom stereocenters. The maximum atomic E-state index is 13.2. The molecule has 1 aromatic rings. The molecule has 0 saturated heterocycles. The largest absolute Gasteiger partial charge is 0.385 e. The molecule has 0 aromatic heterocycles. The van der Waals surface area contributed by atoms with Gasteiger partial charge in [-0.2, -0.15) is 0 Å². The second-order valence-electron chi connectivity index (χ2n) is 3.87. The van der Waals surface area contributed by atoms with Crippen LogP contribution in [0.5, 0.6) is 0 Å². The maximum Gasteiger partial charge on any atom is 0.127 e. The van der Waals surface area contributed by atoms with Crippen molar-refractivity contribution >= 4 is 0 Å². The molecule has 1 aromatic carbocycles. The predicted octanol–water partition coefficient (Wildman–Crippen LogP) is 2.11. The van der Waals surface area contributed by atoms with Crippen molar-refractivity contribution < 1.29 is 18.3 Å². The van der Waals surface area contributed by atoms with E-state index in [-0.39, 0.29) is 0 Å². The Morgan fingerprint density at radius 1 is 1.17 bits per heavy atom. The van der Waals surface area contributed by atoms with E-state index in [1.165, 1.54) is 6.07 Å². The summed E-state index contributed by atoms with van der Waals surface area (Å²) >= 11 is 0. The summed E-state index contributed by atoms with van der Waals surface area (Å²) in [5.41, 5.74) is 0.328. The molecule has 1 N–H and O–H groups in total. The zero-order chi connectivity index (χ0) is 13.2. The van der Waals surface area contributed by atoms with Crippen LogP contribution in [0.1, 0.15) is 12.0 Å². The van der Waals surface area contributed by atoms with Gasteiger partial charge in [0.05, 0.1) is 6.61 Å². The van der Waals surface area contributed by atoms with Crippen molar-refractivity contribution in [1.82, 2.24) is 5.32 Å². The van der Waals surface area contributed by atoms with E-state index in [9.17, 15) is 8.78 Å². The van der Waals surface area contributed by atoms with Gasteiger partial charge in [-0.25, -0.2) is 8.78 Å². The third kappa shape index (κ3) is 6.05. The predicted molar refractivity (Wildman–Crippen MR) is 65.4 cm³/mol. The highest BCUT2D eigenvalue weighted by atomic mass is 19.1. The van der Waals surface area contributed by atoms with Crippen molar-refractivity contribution in [3.05, 3.63) is 35.4 Å². The van der Waals surface area contributed by atoms with E-state index in [1.807, 2.05) is 0 Å². The van der Waals surface area contributed by atoms with Crippen molar-refractivity contribution in [2.45, 2.75) is 13.0 Å². The van der Waals surface area contributed by atoms with Gasteiger partial charge in [0.15, 0.2) is 0 Å². The molecule has 0 saturated carbocycles. The number of halogens is 2. The van der Waals surface area contributed by atoms with Crippen molar-refractivity contribution in [3.63, 3.8) is 0 Å². The van der Waals surface area contributed by atoms with Crippen LogP contribution in [0.4, 0.5) is 8.78 Å². The highest BCUT2D eigenvalue weighted by molar-refractivity contribution is 5.18. The Kier molecular flexibility index (Phi) is 7.48. The number of hydrogen-bond donors (Lipinski definition) is 1. The zero-order valence-electron chi connectivity index (χ0n) is 10.5. The molecule has 0 aliphatic carbocycles. The molecule has 0 amide bonds. The normalized spacial score (nSPS) is 10.8. The molecule has 0 fully saturated rings. The van der Waals surface area contributed by atoms with E-state index >= 15 is 0 Å². The van der Waals surface area contributed by atoms with Crippen LogP contribution in [0.15, 0.2) is 18.2 Å². The molecule has 0 radical (unpaired) electrons. The summed E-state index contributed by atoms with van der Waals surface area (Å²) in [5.74, 6) is -0.825. The standard InChI is InChI=1S/C13H19F2NO2/c1-17-6-2-7-18-8-5-16-10-11-9-12(14)3-4-13(11)15/h3-4,9,16H,2,5-8,10H2,1H3. The minimum atomic E-state index is -0.427. The lowest BCUT2D eigenvalue weighted by molar-refractivity contribution is 0.104. The molecule has 0 unspecified atom stereocenters. The van der Waals surface area contributed by atoms with Gasteiger partial charge in [-0.1, -0.05) is 0 Å². The van der Waals surface area contributed by atoms with Gasteiger partial charge in [0, 0.05) is 39.0 Å². The average molecular weight is 259 g/mol. The van der Waals surface area contributed by atoms with E-state index in [0.717, 1.165) is 18.6 Å². The van der Waals surface area contributed by atoms with E-state index in [4.69, 9.17) is 9.47 Å². The maximum absolute atomic E-state index is 13.2. The Hall–Kier alpha value is -1.04. The second-order valence-corrected chi connectivity index (χ2v) is 3.87. The first kappa shape index (κ1) is 15.0. The van der Waals surface area contributed by atoms with Crippen LogP contribution in [-0.4, -0.2) is 33.5 Å². The number of hydrogen-bond acceptors (Lipinski definition) is 3. The van der Waals surface area contributed by atoms with Gasteiger partial charge in [0.2, 0.25) is 0 Å². The van der Waals surface area contributed by atoms with Crippen LogP contribution in [-0.2, 0) is 16.0 Å². The van der Waals surface area contributed by atoms with Crippen LogP contribution >= 0.6 is 0 Å². The van der Waals surface area contributed by atoms with E-state index in [1.54, 1.807) is 7.11 Å². The molecule has 18 heavy (non-hydrogen) atoms. The van der Waals surface area contributed by atoms with Crippen LogP contribution < -0.4 is 5.32 Å². The molecule has 0 spiro atoms. The molecule has 0 heterocycles. The molecule has 1 rings (SSSR count). The third-order valence-corrected chi connectivity index (χ3v) is 2.38. The molecule has 3 nitrogen and oxygen atoms in total. The molecule has 0 aliphatic heterocycles. The highest BCUT2D eigenvalue weighted by Crippen LogP contribution is 2.08. The first-order valence-electron chi connectivity index (χ1n) is 5.95. The quantitative estimate of drug-likeness (QED) is 0.689. The number of benzene rings is 1. The summed E-state index contributed by atoms with van der Waals surface area (Å²) < 4.78 is 36.3. The van der Waals surface area contributed by atoms with Gasteiger partial charge in [-0.05, 0) is 24.6 Å². The minimum Gasteiger partial charge on any atom is -0.385 e. The second kappa shape index (κ2) is 8.97. The monoisotopic (exact) mass is 259 g/mol. The number of nitrogens with one attached hydrogen (secondary N) is 1. The molecular weight excluding hydrogens is 240 g/mol. The lowest BCUT2D eigenvalue weighted by Gasteiger charge is -2.07. The van der Waals surface area contributed by atoms with E-state index < -0.39 is 11.6 Å². The first-order chi connectivity index (χ1) is 8.74. The topological polar surface area (TPSA) is 30.5 Å². The molecular formula is C13H19F2NO2. The van der Waals surface area contributed by atoms with Crippen LogP contribution in [0.3, 0.4) is 0 Å². The summed E-state index contributed by atoms with van der Waals surface area (Å²) in [6.45, 7) is 2.76. The molecule has 102 valence electrons. The van der Waals surface area contributed by atoms with Crippen molar-refractivity contribution in [2.24, 2.45) is 0 Å². The zero-order valence-corrected chi connectivity index (χ0v) is 10.5. The van der Waals surface area contributed by atoms with Gasteiger partial charge in [0.25, 0.3) is 0 Å². The van der Waals surface area contributed by atoms with Gasteiger partial charge >= 0.3 is 0 Å². The van der Waals surface area contributed by atoms with Crippen molar-refractivity contribution in [3.8, 4) is 0 Å². The fourth-order valence-corrected chi connectivity index (χ4v) is 1.45. The van der Waals surface area contributed by atoms with Crippen LogP contribution in [0.2, 0.25) is 0 Å². The lowest BCUT2D eigenvalue weighted by Crippen LogP contribution is -2.20. The fraction of sp³-hybridized carbons (Fsp3) is 0.538. The van der Waals surface area contributed by atoms with Crippen molar-refractivity contribution in [1.29, 1.82) is 0 Å².